The summed E-state index contributed by atoms with van der Waals surface area (Å²) in [7, 11) is 3.05. The van der Waals surface area contributed by atoms with Crippen LogP contribution in [0.4, 0.5) is 5.69 Å². The van der Waals surface area contributed by atoms with Crippen LogP contribution in [0.15, 0.2) is 65.5 Å². The second kappa shape index (κ2) is 7.28. The van der Waals surface area contributed by atoms with Gasteiger partial charge in [-0.1, -0.05) is 48.5 Å². The van der Waals surface area contributed by atoms with Crippen molar-refractivity contribution in [2.24, 2.45) is 0 Å². The summed E-state index contributed by atoms with van der Waals surface area (Å²) < 4.78 is 12.7. The van der Waals surface area contributed by atoms with Crippen LogP contribution < -0.4 is 19.9 Å². The fourth-order valence-corrected chi connectivity index (χ4v) is 4.90. The Hall–Kier alpha value is -4.46. The SMILES string of the molecule is COc1ccc2c(c1OC)C(=O)N1c3c(C)cccc3-c3nc(=O)c(-c4ccccc4)nn3[C@@H]21. The average molecular weight is 452 g/mol. The van der Waals surface area contributed by atoms with Crippen molar-refractivity contribution in [2.75, 3.05) is 19.1 Å². The van der Waals surface area contributed by atoms with Gasteiger partial charge in [0.25, 0.3) is 11.5 Å². The number of aromatic nitrogens is 3. The van der Waals surface area contributed by atoms with E-state index in [1.807, 2.05) is 61.5 Å². The van der Waals surface area contributed by atoms with Gasteiger partial charge in [-0.05, 0) is 24.6 Å². The molecule has 0 aliphatic carbocycles. The third kappa shape index (κ3) is 2.59. The molecule has 1 atom stereocenters. The van der Waals surface area contributed by atoms with Gasteiger partial charge in [0.15, 0.2) is 29.2 Å². The number of carbonyl (C=O) groups excluding carboxylic acids is 1. The molecule has 0 N–H and O–H groups in total. The zero-order chi connectivity index (χ0) is 23.6. The van der Waals surface area contributed by atoms with E-state index >= 15 is 0 Å². The fraction of sp³-hybridized carbons (Fsp3) is 0.154. The summed E-state index contributed by atoms with van der Waals surface area (Å²) in [6, 6.07) is 18.5. The molecule has 2 aliphatic heterocycles. The number of para-hydroxylation sites is 1. The van der Waals surface area contributed by atoms with E-state index in [4.69, 9.17) is 14.6 Å². The van der Waals surface area contributed by atoms with Crippen LogP contribution in [0.25, 0.3) is 22.6 Å². The Kier molecular flexibility index (Phi) is 4.32. The van der Waals surface area contributed by atoms with Gasteiger partial charge < -0.3 is 9.47 Å². The molecule has 168 valence electrons. The molecular weight excluding hydrogens is 432 g/mol. The molecule has 1 amide bonds. The number of ether oxygens (including phenoxy) is 2. The first-order valence-corrected chi connectivity index (χ1v) is 10.8. The van der Waals surface area contributed by atoms with Crippen molar-refractivity contribution in [1.82, 2.24) is 14.8 Å². The molecule has 34 heavy (non-hydrogen) atoms. The van der Waals surface area contributed by atoms with Crippen molar-refractivity contribution in [2.45, 2.75) is 13.1 Å². The molecular formula is C26H20N4O4. The number of methoxy groups -OCH3 is 2. The Labute approximate surface area is 195 Å². The number of nitrogens with zero attached hydrogens (tertiary/aromatic N) is 4. The van der Waals surface area contributed by atoms with E-state index in [0.717, 1.165) is 5.56 Å². The van der Waals surface area contributed by atoms with Crippen LogP contribution in [0, 0.1) is 6.92 Å². The van der Waals surface area contributed by atoms with Gasteiger partial charge >= 0.3 is 0 Å². The second-order valence-electron chi connectivity index (χ2n) is 8.18. The number of fused-ring (bicyclic) bond motifs is 8. The summed E-state index contributed by atoms with van der Waals surface area (Å²) in [5.74, 6) is 1.03. The van der Waals surface area contributed by atoms with E-state index in [1.54, 1.807) is 15.6 Å². The average Bonchev–Trinajstić information content (AvgIpc) is 3.16. The Morgan fingerprint density at radius 3 is 2.44 bits per heavy atom. The lowest BCUT2D eigenvalue weighted by atomic mass is 10.0. The summed E-state index contributed by atoms with van der Waals surface area (Å²) in [4.78, 5) is 33.1. The molecule has 0 radical (unpaired) electrons. The number of hydrogen-bond acceptors (Lipinski definition) is 6. The number of hydrogen-bond donors (Lipinski definition) is 0. The van der Waals surface area contributed by atoms with Crippen molar-refractivity contribution in [3.8, 4) is 34.1 Å². The van der Waals surface area contributed by atoms with Crippen molar-refractivity contribution in [3.63, 3.8) is 0 Å². The van der Waals surface area contributed by atoms with Gasteiger partial charge in [0.2, 0.25) is 0 Å². The van der Waals surface area contributed by atoms with Gasteiger partial charge in [-0.2, -0.15) is 10.1 Å². The summed E-state index contributed by atoms with van der Waals surface area (Å²) >= 11 is 0. The normalized spacial score (nSPS) is 15.3. The van der Waals surface area contributed by atoms with Crippen molar-refractivity contribution in [3.05, 3.63) is 87.7 Å². The minimum absolute atomic E-state index is 0.223. The third-order valence-electron chi connectivity index (χ3n) is 6.37. The van der Waals surface area contributed by atoms with Gasteiger partial charge in [-0.3, -0.25) is 14.5 Å². The Morgan fingerprint density at radius 2 is 1.71 bits per heavy atom. The van der Waals surface area contributed by atoms with Gasteiger partial charge in [0.05, 0.1) is 25.5 Å². The molecule has 0 fully saturated rings. The standard InChI is InChI=1S/C26H20N4O4/c1-14-8-7-11-17-21(14)29-25(16-12-13-18(33-2)22(34-3)19(16)26(29)32)30-23(17)27-24(31)20(28-30)15-9-5-4-6-10-15/h4-13,25H,1-3H3/t25-/m0/s1. The number of benzene rings is 3. The van der Waals surface area contributed by atoms with Gasteiger partial charge in [0, 0.05) is 16.7 Å². The monoisotopic (exact) mass is 452 g/mol. The molecule has 0 unspecified atom stereocenters. The predicted octanol–water partition coefficient (Wildman–Crippen LogP) is 3.82. The van der Waals surface area contributed by atoms with Crippen LogP contribution in [0.1, 0.15) is 27.7 Å². The first-order valence-electron chi connectivity index (χ1n) is 10.8. The highest BCUT2D eigenvalue weighted by Gasteiger charge is 2.47. The van der Waals surface area contributed by atoms with Crippen molar-refractivity contribution < 1.29 is 14.3 Å². The Balaban J connectivity index is 1.71. The highest BCUT2D eigenvalue weighted by atomic mass is 16.5. The molecule has 8 nitrogen and oxygen atoms in total. The Bertz CT molecular complexity index is 1540. The first kappa shape index (κ1) is 20.2. The van der Waals surface area contributed by atoms with E-state index in [-0.39, 0.29) is 11.6 Å². The smallest absolute Gasteiger partial charge is 0.300 e. The molecule has 4 aromatic rings. The number of amides is 1. The number of carbonyl (C=O) groups is 1. The summed E-state index contributed by atoms with van der Waals surface area (Å²) in [5.41, 5.74) is 3.85. The molecule has 0 saturated heterocycles. The van der Waals surface area contributed by atoms with E-state index in [0.29, 0.717) is 45.3 Å². The van der Waals surface area contributed by atoms with Crippen LogP contribution >= 0.6 is 0 Å². The van der Waals surface area contributed by atoms with Crippen LogP contribution in [0.5, 0.6) is 11.5 Å². The lowest BCUT2D eigenvalue weighted by molar-refractivity contribution is 0.0983. The minimum atomic E-state index is -0.624. The van der Waals surface area contributed by atoms with Crippen LogP contribution in [-0.4, -0.2) is 34.9 Å². The molecule has 1 aromatic heterocycles. The zero-order valence-electron chi connectivity index (χ0n) is 18.8. The maximum atomic E-state index is 13.9. The lowest BCUT2D eigenvalue weighted by Crippen LogP contribution is -2.39. The second-order valence-corrected chi connectivity index (χ2v) is 8.18. The van der Waals surface area contributed by atoms with Gasteiger partial charge in [-0.25, -0.2) is 4.68 Å². The van der Waals surface area contributed by atoms with Gasteiger partial charge in [0.1, 0.15) is 0 Å². The topological polar surface area (TPSA) is 86.6 Å². The van der Waals surface area contributed by atoms with Crippen molar-refractivity contribution in [1.29, 1.82) is 0 Å². The number of aryl methyl sites for hydroxylation is 1. The van der Waals surface area contributed by atoms with E-state index < -0.39 is 11.7 Å². The molecule has 8 heteroatoms. The highest BCUT2D eigenvalue weighted by molar-refractivity contribution is 6.15. The third-order valence-corrected chi connectivity index (χ3v) is 6.37. The van der Waals surface area contributed by atoms with Crippen LogP contribution in [0.3, 0.4) is 0 Å². The maximum Gasteiger partial charge on any atom is 0.300 e. The first-order chi connectivity index (χ1) is 16.5. The zero-order valence-corrected chi connectivity index (χ0v) is 18.8. The van der Waals surface area contributed by atoms with E-state index in [9.17, 15) is 9.59 Å². The van der Waals surface area contributed by atoms with Crippen LogP contribution in [-0.2, 0) is 0 Å². The summed E-state index contributed by atoms with van der Waals surface area (Å²) in [6.45, 7) is 1.93. The summed E-state index contributed by atoms with van der Waals surface area (Å²) in [6.07, 6.45) is -0.624. The molecule has 6 rings (SSSR count). The Morgan fingerprint density at radius 1 is 0.912 bits per heavy atom. The largest absolute Gasteiger partial charge is 0.493 e. The van der Waals surface area contributed by atoms with E-state index in [2.05, 4.69) is 4.98 Å². The molecule has 0 spiro atoms. The molecule has 3 heterocycles. The molecule has 0 bridgehead atoms. The predicted molar refractivity (Wildman–Crippen MR) is 126 cm³/mol. The highest BCUT2D eigenvalue weighted by Crippen LogP contribution is 2.51. The fourth-order valence-electron chi connectivity index (χ4n) is 4.90. The molecule has 3 aromatic carbocycles. The minimum Gasteiger partial charge on any atom is -0.493 e. The van der Waals surface area contributed by atoms with Crippen LogP contribution in [0.2, 0.25) is 0 Å². The van der Waals surface area contributed by atoms with Crippen molar-refractivity contribution >= 4 is 11.6 Å². The maximum absolute atomic E-state index is 13.9. The number of rotatable bonds is 3. The lowest BCUT2D eigenvalue weighted by Gasteiger charge is -2.35. The summed E-state index contributed by atoms with van der Waals surface area (Å²) in [5, 5.41) is 4.76. The van der Waals surface area contributed by atoms with Gasteiger partial charge in [-0.15, -0.1) is 0 Å². The quantitative estimate of drug-likeness (QED) is 0.470. The van der Waals surface area contributed by atoms with E-state index in [1.165, 1.54) is 14.2 Å². The molecule has 2 aliphatic rings. The molecule has 0 saturated carbocycles. The number of anilines is 1.